The molecule has 2 aromatic carbocycles. The minimum atomic E-state index is -2.33. The van der Waals surface area contributed by atoms with Gasteiger partial charge in [0.15, 0.2) is 23.3 Å². The quantitative estimate of drug-likeness (QED) is 0.263. The molecule has 1 amide bonds. The van der Waals surface area contributed by atoms with E-state index in [1.54, 1.807) is 6.07 Å². The zero-order valence-electron chi connectivity index (χ0n) is 15.6. The number of carbonyl (C=O) groups is 1. The van der Waals surface area contributed by atoms with E-state index in [1.165, 1.54) is 33.3 Å². The first-order chi connectivity index (χ1) is 14.1. The molecule has 0 aromatic heterocycles. The van der Waals surface area contributed by atoms with Crippen molar-refractivity contribution in [2.45, 2.75) is 6.92 Å². The Kier molecular flexibility index (Phi) is 5.84. The Morgan fingerprint density at radius 2 is 1.47 bits per heavy atom. The molecular weight excluding hydrogens is 479 g/mol. The van der Waals surface area contributed by atoms with E-state index in [-0.39, 0.29) is 16.3 Å². The third-order valence-corrected chi connectivity index (χ3v) is 4.88. The number of nitrogens with zero attached hydrogens (tertiary/aromatic N) is 2. The Labute approximate surface area is 175 Å². The number of halogens is 6. The van der Waals surface area contributed by atoms with Crippen molar-refractivity contribution in [2.75, 3.05) is 19.2 Å². The van der Waals surface area contributed by atoms with E-state index in [9.17, 15) is 26.7 Å². The van der Waals surface area contributed by atoms with Crippen molar-refractivity contribution in [2.24, 2.45) is 5.10 Å². The monoisotopic (exact) mass is 490 g/mol. The fraction of sp³-hybridized carbons (Fsp3) is 0.158. The molecule has 0 saturated carbocycles. The van der Waals surface area contributed by atoms with Crippen LogP contribution in [0.1, 0.15) is 12.5 Å². The van der Waals surface area contributed by atoms with Crippen LogP contribution >= 0.6 is 15.9 Å². The van der Waals surface area contributed by atoms with Crippen molar-refractivity contribution < 1.29 is 36.2 Å². The summed E-state index contributed by atoms with van der Waals surface area (Å²) in [4.78, 5) is 12.7. The van der Waals surface area contributed by atoms with Crippen LogP contribution in [-0.4, -0.2) is 25.8 Å². The summed E-state index contributed by atoms with van der Waals surface area (Å²) in [7, 11) is 2.82. The van der Waals surface area contributed by atoms with Crippen molar-refractivity contribution >= 4 is 39.3 Å². The van der Waals surface area contributed by atoms with Gasteiger partial charge in [-0.15, -0.1) is 0 Å². The summed E-state index contributed by atoms with van der Waals surface area (Å²) >= 11 is 3.29. The average Bonchev–Trinajstić information content (AvgIpc) is 2.99. The molecular formula is C19H12BrF5N2O3. The summed E-state index contributed by atoms with van der Waals surface area (Å²) in [5.74, 6) is -11.3. The normalized spacial score (nSPS) is 15.1. The number of methoxy groups -OCH3 is 2. The maximum absolute atomic E-state index is 14.1. The highest BCUT2D eigenvalue weighted by Gasteiger charge is 2.37. The van der Waals surface area contributed by atoms with Crippen molar-refractivity contribution in [3.8, 4) is 11.5 Å². The number of anilines is 1. The first kappa shape index (κ1) is 21.8. The molecule has 0 saturated heterocycles. The number of hydrazone groups is 1. The van der Waals surface area contributed by atoms with Crippen LogP contribution in [0.15, 0.2) is 27.3 Å². The Bertz CT molecular complexity index is 1100. The zero-order chi connectivity index (χ0) is 22.3. The summed E-state index contributed by atoms with van der Waals surface area (Å²) in [6.07, 6.45) is 1.32. The third kappa shape index (κ3) is 3.42. The standard InChI is InChI=1S/C19H12BrF5N2O3/c1-7-9(4-8-5-10(20)12(30-3)6-11(8)29-2)19(28)27(26-7)18-16(24)14(22)13(21)15(23)17(18)25/h4-6H,1-3H3/b9-4+. The van der Waals surface area contributed by atoms with E-state index in [4.69, 9.17) is 9.47 Å². The molecule has 0 spiro atoms. The fourth-order valence-corrected chi connectivity index (χ4v) is 3.29. The Morgan fingerprint density at radius 1 is 0.933 bits per heavy atom. The molecule has 0 fully saturated rings. The molecule has 0 bridgehead atoms. The lowest BCUT2D eigenvalue weighted by molar-refractivity contribution is -0.114. The summed E-state index contributed by atoms with van der Waals surface area (Å²) in [6, 6.07) is 3.09. The summed E-state index contributed by atoms with van der Waals surface area (Å²) < 4.78 is 79.6. The largest absolute Gasteiger partial charge is 0.496 e. The maximum atomic E-state index is 14.1. The molecule has 11 heteroatoms. The van der Waals surface area contributed by atoms with E-state index >= 15 is 0 Å². The zero-order valence-corrected chi connectivity index (χ0v) is 17.2. The van der Waals surface area contributed by atoms with Crippen molar-refractivity contribution in [3.05, 3.63) is 56.8 Å². The van der Waals surface area contributed by atoms with E-state index in [2.05, 4.69) is 21.0 Å². The smallest absolute Gasteiger partial charge is 0.280 e. The second-order valence-electron chi connectivity index (χ2n) is 6.01. The molecule has 2 aromatic rings. The first-order valence-corrected chi connectivity index (χ1v) is 8.96. The third-order valence-electron chi connectivity index (χ3n) is 4.26. The van der Waals surface area contributed by atoms with E-state index in [1.807, 2.05) is 0 Å². The van der Waals surface area contributed by atoms with Crippen LogP contribution in [-0.2, 0) is 4.79 Å². The molecule has 0 atom stereocenters. The molecule has 0 N–H and O–H groups in total. The molecule has 0 radical (unpaired) electrons. The van der Waals surface area contributed by atoms with Gasteiger partial charge in [-0.25, -0.2) is 22.0 Å². The second-order valence-corrected chi connectivity index (χ2v) is 6.86. The van der Waals surface area contributed by atoms with Crippen LogP contribution in [0.25, 0.3) is 6.08 Å². The van der Waals surface area contributed by atoms with Crippen LogP contribution < -0.4 is 14.5 Å². The highest BCUT2D eigenvalue weighted by molar-refractivity contribution is 9.10. The van der Waals surface area contributed by atoms with Crippen molar-refractivity contribution in [1.29, 1.82) is 0 Å². The maximum Gasteiger partial charge on any atom is 0.280 e. The van der Waals surface area contributed by atoms with Crippen LogP contribution in [0, 0.1) is 29.1 Å². The van der Waals surface area contributed by atoms with Gasteiger partial charge in [0.25, 0.3) is 5.91 Å². The molecule has 1 aliphatic rings. The number of benzene rings is 2. The number of carbonyl (C=O) groups excluding carboxylic acids is 1. The van der Waals surface area contributed by atoms with E-state index in [0.717, 1.165) is 0 Å². The minimum Gasteiger partial charge on any atom is -0.496 e. The van der Waals surface area contributed by atoms with Gasteiger partial charge in [-0.3, -0.25) is 4.79 Å². The lowest BCUT2D eigenvalue weighted by Gasteiger charge is -2.15. The van der Waals surface area contributed by atoms with Crippen LogP contribution in [0.5, 0.6) is 11.5 Å². The van der Waals surface area contributed by atoms with Gasteiger partial charge in [0.1, 0.15) is 17.2 Å². The van der Waals surface area contributed by atoms with Gasteiger partial charge in [0.2, 0.25) is 5.82 Å². The Hall–Kier alpha value is -2.95. The molecule has 0 unspecified atom stereocenters. The number of amides is 1. The van der Waals surface area contributed by atoms with Crippen LogP contribution in [0.2, 0.25) is 0 Å². The molecule has 30 heavy (non-hydrogen) atoms. The van der Waals surface area contributed by atoms with Crippen molar-refractivity contribution in [3.63, 3.8) is 0 Å². The second kappa shape index (κ2) is 8.05. The lowest BCUT2D eigenvalue weighted by Crippen LogP contribution is -2.25. The van der Waals surface area contributed by atoms with Gasteiger partial charge in [-0.05, 0) is 35.0 Å². The fourth-order valence-electron chi connectivity index (χ4n) is 2.77. The van der Waals surface area contributed by atoms with Crippen LogP contribution in [0.4, 0.5) is 27.6 Å². The van der Waals surface area contributed by atoms with Crippen molar-refractivity contribution in [1.82, 2.24) is 0 Å². The Morgan fingerprint density at radius 3 is 2.00 bits per heavy atom. The summed E-state index contributed by atoms with van der Waals surface area (Å²) in [5, 5.41) is 3.82. The van der Waals surface area contributed by atoms with Gasteiger partial charge >= 0.3 is 0 Å². The molecule has 5 nitrogen and oxygen atoms in total. The highest BCUT2D eigenvalue weighted by Crippen LogP contribution is 2.37. The molecule has 1 heterocycles. The molecule has 0 aliphatic carbocycles. The lowest BCUT2D eigenvalue weighted by atomic mass is 10.1. The number of ether oxygens (including phenoxy) is 2. The average molecular weight is 491 g/mol. The number of rotatable bonds is 4. The summed E-state index contributed by atoms with van der Waals surface area (Å²) in [5.41, 5.74) is -1.21. The van der Waals surface area contributed by atoms with Crippen LogP contribution in [0.3, 0.4) is 0 Å². The van der Waals surface area contributed by atoms with E-state index in [0.29, 0.717) is 21.5 Å². The SMILES string of the molecule is COc1cc(OC)c(/C=C2/C(=O)N(c3c(F)c(F)c(F)c(F)c3F)N=C2C)cc1Br. The van der Waals surface area contributed by atoms with Gasteiger partial charge in [0.05, 0.1) is 30.0 Å². The van der Waals surface area contributed by atoms with Gasteiger partial charge < -0.3 is 9.47 Å². The molecule has 158 valence electrons. The molecule has 3 rings (SSSR count). The first-order valence-electron chi connectivity index (χ1n) is 8.17. The number of hydrogen-bond acceptors (Lipinski definition) is 4. The van der Waals surface area contributed by atoms with Gasteiger partial charge in [-0.1, -0.05) is 0 Å². The van der Waals surface area contributed by atoms with Gasteiger partial charge in [0, 0.05) is 11.6 Å². The Balaban J connectivity index is 2.12. The topological polar surface area (TPSA) is 51.1 Å². The van der Waals surface area contributed by atoms with Gasteiger partial charge in [-0.2, -0.15) is 10.1 Å². The molecule has 1 aliphatic heterocycles. The highest BCUT2D eigenvalue weighted by atomic mass is 79.9. The summed E-state index contributed by atoms with van der Waals surface area (Å²) in [6.45, 7) is 1.35. The minimum absolute atomic E-state index is 0.00191. The predicted octanol–water partition coefficient (Wildman–Crippen LogP) is 4.97. The van der Waals surface area contributed by atoms with E-state index < -0.39 is 40.7 Å². The predicted molar refractivity (Wildman–Crippen MR) is 102 cm³/mol. The number of hydrogen-bond donors (Lipinski definition) is 0.